The van der Waals surface area contributed by atoms with E-state index >= 15 is 0 Å². The van der Waals surface area contributed by atoms with Gasteiger partial charge in [-0.2, -0.15) is 5.10 Å². The molecular formula is C15H20N4O2. The number of rotatable bonds is 4. The quantitative estimate of drug-likeness (QED) is 0.664. The lowest BCUT2D eigenvalue weighted by molar-refractivity contribution is 0.0602. The van der Waals surface area contributed by atoms with Crippen LogP contribution in [0.2, 0.25) is 0 Å². The van der Waals surface area contributed by atoms with Gasteiger partial charge in [0.15, 0.2) is 0 Å². The zero-order valence-electron chi connectivity index (χ0n) is 12.7. The smallest absolute Gasteiger partial charge is 0.340 e. The summed E-state index contributed by atoms with van der Waals surface area (Å²) in [5.41, 5.74) is 10.6. The Morgan fingerprint density at radius 1 is 1.43 bits per heavy atom. The van der Waals surface area contributed by atoms with Gasteiger partial charge in [-0.1, -0.05) is 0 Å². The van der Waals surface area contributed by atoms with E-state index in [4.69, 9.17) is 10.5 Å². The topological polar surface area (TPSA) is 82.2 Å². The van der Waals surface area contributed by atoms with Crippen molar-refractivity contribution in [3.05, 3.63) is 40.7 Å². The Labute approximate surface area is 123 Å². The molecule has 0 bridgehead atoms. The fourth-order valence-electron chi connectivity index (χ4n) is 2.25. The molecule has 0 saturated carbocycles. The number of nitrogens with two attached hydrogens (primary N) is 1. The number of hydrogen-bond acceptors (Lipinski definition) is 5. The standard InChI is InChI=1S/C15H20N4O2/c1-9-13(10(2)19(3)18-9)8-17-14-6-5-11(16)7-12(14)15(20)21-4/h5-7,17H,8,16H2,1-4H3. The van der Waals surface area contributed by atoms with E-state index in [1.165, 1.54) is 7.11 Å². The van der Waals surface area contributed by atoms with Crippen molar-refractivity contribution in [2.24, 2.45) is 7.05 Å². The van der Waals surface area contributed by atoms with Crippen LogP contribution in [0, 0.1) is 13.8 Å². The number of ether oxygens (including phenoxy) is 1. The van der Waals surface area contributed by atoms with Gasteiger partial charge in [0.25, 0.3) is 0 Å². The van der Waals surface area contributed by atoms with Crippen molar-refractivity contribution in [1.82, 2.24) is 9.78 Å². The summed E-state index contributed by atoms with van der Waals surface area (Å²) in [6.07, 6.45) is 0. The van der Waals surface area contributed by atoms with Crippen LogP contribution in [0.5, 0.6) is 0 Å². The second-order valence-corrected chi connectivity index (χ2v) is 4.92. The van der Waals surface area contributed by atoms with Crippen LogP contribution in [0.4, 0.5) is 11.4 Å². The molecule has 21 heavy (non-hydrogen) atoms. The van der Waals surface area contributed by atoms with Crippen molar-refractivity contribution in [1.29, 1.82) is 0 Å². The van der Waals surface area contributed by atoms with Gasteiger partial charge >= 0.3 is 5.97 Å². The van der Waals surface area contributed by atoms with Gasteiger partial charge in [-0.3, -0.25) is 4.68 Å². The van der Waals surface area contributed by atoms with Crippen LogP contribution in [0.25, 0.3) is 0 Å². The zero-order valence-corrected chi connectivity index (χ0v) is 12.7. The molecule has 0 atom stereocenters. The third-order valence-electron chi connectivity index (χ3n) is 3.56. The van der Waals surface area contributed by atoms with E-state index in [0.29, 0.717) is 23.5 Å². The Balaban J connectivity index is 2.26. The van der Waals surface area contributed by atoms with Gasteiger partial charge in [0.05, 0.1) is 18.4 Å². The predicted molar refractivity (Wildman–Crippen MR) is 82.2 cm³/mol. The number of esters is 1. The Morgan fingerprint density at radius 2 is 2.14 bits per heavy atom. The molecule has 6 nitrogen and oxygen atoms in total. The summed E-state index contributed by atoms with van der Waals surface area (Å²) in [6.45, 7) is 4.56. The van der Waals surface area contributed by atoms with Gasteiger partial charge < -0.3 is 15.8 Å². The number of aryl methyl sites for hydroxylation is 2. The molecule has 3 N–H and O–H groups in total. The molecular weight excluding hydrogens is 268 g/mol. The van der Waals surface area contributed by atoms with Crippen molar-refractivity contribution in [2.75, 3.05) is 18.2 Å². The highest BCUT2D eigenvalue weighted by Crippen LogP contribution is 2.22. The molecule has 1 aromatic heterocycles. The van der Waals surface area contributed by atoms with Crippen LogP contribution in [0.3, 0.4) is 0 Å². The summed E-state index contributed by atoms with van der Waals surface area (Å²) >= 11 is 0. The van der Waals surface area contributed by atoms with E-state index in [1.807, 2.05) is 25.6 Å². The lowest BCUT2D eigenvalue weighted by Crippen LogP contribution is -2.09. The van der Waals surface area contributed by atoms with Gasteiger partial charge in [0.1, 0.15) is 0 Å². The molecule has 0 fully saturated rings. The molecule has 0 radical (unpaired) electrons. The van der Waals surface area contributed by atoms with Gasteiger partial charge in [-0.15, -0.1) is 0 Å². The average molecular weight is 288 g/mol. The fourth-order valence-corrected chi connectivity index (χ4v) is 2.25. The maximum atomic E-state index is 11.8. The number of nitrogens with one attached hydrogen (secondary N) is 1. The van der Waals surface area contributed by atoms with Crippen LogP contribution in [0.1, 0.15) is 27.3 Å². The van der Waals surface area contributed by atoms with Gasteiger partial charge in [-0.05, 0) is 32.0 Å². The molecule has 0 unspecified atom stereocenters. The molecule has 0 saturated heterocycles. The van der Waals surface area contributed by atoms with E-state index in [0.717, 1.165) is 17.0 Å². The number of nitrogens with zero attached hydrogens (tertiary/aromatic N) is 2. The number of nitrogen functional groups attached to an aromatic ring is 1. The zero-order chi connectivity index (χ0) is 15.6. The summed E-state index contributed by atoms with van der Waals surface area (Å²) in [6, 6.07) is 5.14. The largest absolute Gasteiger partial charge is 0.465 e. The number of carbonyl (C=O) groups excluding carboxylic acids is 1. The molecule has 1 heterocycles. The van der Waals surface area contributed by atoms with Crippen molar-refractivity contribution in [2.45, 2.75) is 20.4 Å². The van der Waals surface area contributed by atoms with Crippen LogP contribution >= 0.6 is 0 Å². The first-order valence-electron chi connectivity index (χ1n) is 6.64. The normalized spacial score (nSPS) is 10.5. The minimum Gasteiger partial charge on any atom is -0.465 e. The Bertz CT molecular complexity index is 677. The van der Waals surface area contributed by atoms with E-state index in [9.17, 15) is 4.79 Å². The van der Waals surface area contributed by atoms with Crippen molar-refractivity contribution in [3.8, 4) is 0 Å². The lowest BCUT2D eigenvalue weighted by atomic mass is 10.1. The first-order valence-corrected chi connectivity index (χ1v) is 6.64. The molecule has 0 aliphatic carbocycles. The predicted octanol–water partition coefficient (Wildman–Crippen LogP) is 2.02. The Morgan fingerprint density at radius 3 is 2.71 bits per heavy atom. The fraction of sp³-hybridized carbons (Fsp3) is 0.333. The summed E-state index contributed by atoms with van der Waals surface area (Å²) in [5.74, 6) is -0.413. The number of carbonyl (C=O) groups is 1. The minimum atomic E-state index is -0.413. The van der Waals surface area contributed by atoms with Gasteiger partial charge in [0.2, 0.25) is 0 Å². The Kier molecular flexibility index (Phi) is 4.16. The maximum absolute atomic E-state index is 11.8. The van der Waals surface area contributed by atoms with Crippen molar-refractivity contribution < 1.29 is 9.53 Å². The third kappa shape index (κ3) is 2.99. The van der Waals surface area contributed by atoms with Gasteiger partial charge in [-0.25, -0.2) is 4.79 Å². The van der Waals surface area contributed by atoms with Crippen molar-refractivity contribution >= 4 is 17.3 Å². The van der Waals surface area contributed by atoms with Crippen molar-refractivity contribution in [3.63, 3.8) is 0 Å². The van der Waals surface area contributed by atoms with Gasteiger partial charge in [0, 0.05) is 36.2 Å². The second-order valence-electron chi connectivity index (χ2n) is 4.92. The number of aromatic nitrogens is 2. The summed E-state index contributed by atoms with van der Waals surface area (Å²) in [4.78, 5) is 11.8. The highest BCUT2D eigenvalue weighted by Gasteiger charge is 2.14. The molecule has 0 spiro atoms. The molecule has 2 aromatic rings. The molecule has 0 aliphatic rings. The molecule has 6 heteroatoms. The van der Waals surface area contributed by atoms with E-state index in [1.54, 1.807) is 18.2 Å². The monoisotopic (exact) mass is 288 g/mol. The minimum absolute atomic E-state index is 0.413. The molecule has 0 amide bonds. The lowest BCUT2D eigenvalue weighted by Gasteiger charge is -2.12. The number of benzene rings is 1. The van der Waals surface area contributed by atoms with E-state index in [2.05, 4.69) is 10.4 Å². The van der Waals surface area contributed by atoms with Crippen LogP contribution < -0.4 is 11.1 Å². The van der Waals surface area contributed by atoms with E-state index < -0.39 is 5.97 Å². The van der Waals surface area contributed by atoms with Crippen LogP contribution in [0.15, 0.2) is 18.2 Å². The number of methoxy groups -OCH3 is 1. The highest BCUT2D eigenvalue weighted by atomic mass is 16.5. The molecule has 0 aliphatic heterocycles. The first kappa shape index (κ1) is 14.9. The molecule has 112 valence electrons. The van der Waals surface area contributed by atoms with E-state index in [-0.39, 0.29) is 0 Å². The summed E-state index contributed by atoms with van der Waals surface area (Å²) in [7, 11) is 3.26. The highest BCUT2D eigenvalue weighted by molar-refractivity contribution is 5.96. The number of hydrogen-bond donors (Lipinski definition) is 2. The summed E-state index contributed by atoms with van der Waals surface area (Å²) in [5, 5.41) is 7.63. The third-order valence-corrected chi connectivity index (χ3v) is 3.56. The Hall–Kier alpha value is -2.50. The maximum Gasteiger partial charge on any atom is 0.340 e. The second kappa shape index (κ2) is 5.87. The first-order chi connectivity index (χ1) is 9.93. The average Bonchev–Trinajstić information content (AvgIpc) is 2.70. The SMILES string of the molecule is COC(=O)c1cc(N)ccc1NCc1c(C)nn(C)c1C. The number of anilines is 2. The molecule has 2 rings (SSSR count). The molecule has 1 aromatic carbocycles. The van der Waals surface area contributed by atoms with Crippen LogP contribution in [-0.2, 0) is 18.3 Å². The summed E-state index contributed by atoms with van der Waals surface area (Å²) < 4.78 is 6.63. The van der Waals surface area contributed by atoms with Crippen LogP contribution in [-0.4, -0.2) is 22.9 Å².